The van der Waals surface area contributed by atoms with E-state index in [0.717, 1.165) is 17.6 Å². The van der Waals surface area contributed by atoms with Crippen LogP contribution in [0.15, 0.2) is 24.5 Å². The van der Waals surface area contributed by atoms with E-state index in [1.165, 1.54) is 0 Å². The third kappa shape index (κ3) is 1.17. The molecule has 2 aromatic rings. The fourth-order valence-corrected chi connectivity index (χ4v) is 1.39. The molecule has 13 heavy (non-hydrogen) atoms. The first kappa shape index (κ1) is 7.81. The van der Waals surface area contributed by atoms with Crippen LogP contribution in [-0.2, 0) is 6.54 Å². The Balaban J connectivity index is 2.70. The number of aromatic nitrogens is 2. The molecule has 0 atom stereocenters. The van der Waals surface area contributed by atoms with Crippen molar-refractivity contribution in [2.75, 3.05) is 0 Å². The van der Waals surface area contributed by atoms with Crippen LogP contribution in [-0.4, -0.2) is 9.55 Å². The number of pyridine rings is 1. The number of hydrogen-bond donors (Lipinski definition) is 0. The second-order valence-corrected chi connectivity index (χ2v) is 2.85. The fourth-order valence-electron chi connectivity index (χ4n) is 1.39. The van der Waals surface area contributed by atoms with Crippen LogP contribution >= 0.6 is 0 Å². The molecule has 0 aromatic carbocycles. The number of nitriles is 1. The normalized spacial score (nSPS) is 10.2. The predicted molar refractivity (Wildman–Crippen MR) is 50.1 cm³/mol. The van der Waals surface area contributed by atoms with E-state index >= 15 is 0 Å². The van der Waals surface area contributed by atoms with Gasteiger partial charge in [-0.05, 0) is 19.1 Å². The lowest BCUT2D eigenvalue weighted by molar-refractivity contribution is 0.787. The first-order valence-corrected chi connectivity index (χ1v) is 4.20. The molecule has 0 fully saturated rings. The predicted octanol–water partition coefficient (Wildman–Crippen LogP) is 1.93. The number of fused-ring (bicyclic) bond motifs is 1. The van der Waals surface area contributed by atoms with Gasteiger partial charge in [-0.2, -0.15) is 5.26 Å². The number of rotatable bonds is 1. The molecule has 0 spiro atoms. The molecule has 0 saturated carbocycles. The van der Waals surface area contributed by atoms with Crippen molar-refractivity contribution in [3.63, 3.8) is 0 Å². The van der Waals surface area contributed by atoms with Gasteiger partial charge in [0.25, 0.3) is 0 Å². The van der Waals surface area contributed by atoms with E-state index in [1.54, 1.807) is 6.20 Å². The standard InChI is InChI=1S/C10H9N3/c1-2-13-4-3-9-5-8(6-11)7-12-10(9)13/h3-5,7H,2H2,1H3. The van der Waals surface area contributed by atoms with Crippen LogP contribution in [0, 0.1) is 11.3 Å². The van der Waals surface area contributed by atoms with Gasteiger partial charge in [0.2, 0.25) is 0 Å². The molecule has 0 aliphatic heterocycles. The molecule has 0 saturated heterocycles. The summed E-state index contributed by atoms with van der Waals surface area (Å²) in [5, 5.41) is 9.69. The largest absolute Gasteiger partial charge is 0.333 e. The van der Waals surface area contributed by atoms with Crippen molar-refractivity contribution >= 4 is 11.0 Å². The lowest BCUT2D eigenvalue weighted by atomic mass is 10.2. The number of aryl methyl sites for hydroxylation is 1. The zero-order valence-corrected chi connectivity index (χ0v) is 7.36. The molecule has 2 aromatic heterocycles. The Morgan fingerprint density at radius 3 is 3.15 bits per heavy atom. The molecule has 0 aliphatic rings. The monoisotopic (exact) mass is 171 g/mol. The molecule has 0 radical (unpaired) electrons. The van der Waals surface area contributed by atoms with Gasteiger partial charge >= 0.3 is 0 Å². The zero-order valence-electron chi connectivity index (χ0n) is 7.36. The maximum absolute atomic E-state index is 8.66. The minimum atomic E-state index is 0.612. The highest BCUT2D eigenvalue weighted by atomic mass is 15.0. The van der Waals surface area contributed by atoms with Crippen molar-refractivity contribution in [3.05, 3.63) is 30.1 Å². The Kier molecular flexibility index (Phi) is 1.75. The van der Waals surface area contributed by atoms with Gasteiger partial charge in [0.05, 0.1) is 5.56 Å². The summed E-state index contributed by atoms with van der Waals surface area (Å²) in [6, 6.07) is 5.91. The molecule has 3 heteroatoms. The highest BCUT2D eigenvalue weighted by Crippen LogP contribution is 2.13. The average molecular weight is 171 g/mol. The lowest BCUT2D eigenvalue weighted by Gasteiger charge is -1.98. The van der Waals surface area contributed by atoms with Gasteiger partial charge in [0.1, 0.15) is 11.7 Å². The smallest absolute Gasteiger partial charge is 0.139 e. The maximum Gasteiger partial charge on any atom is 0.139 e. The van der Waals surface area contributed by atoms with Crippen LogP contribution in [0.25, 0.3) is 11.0 Å². The van der Waals surface area contributed by atoms with Gasteiger partial charge in [-0.25, -0.2) is 4.98 Å². The fraction of sp³-hybridized carbons (Fsp3) is 0.200. The zero-order chi connectivity index (χ0) is 9.26. The van der Waals surface area contributed by atoms with Gasteiger partial charge in [-0.15, -0.1) is 0 Å². The molecule has 64 valence electrons. The third-order valence-corrected chi connectivity index (χ3v) is 2.07. The van der Waals surface area contributed by atoms with E-state index in [1.807, 2.05) is 18.3 Å². The summed E-state index contributed by atoms with van der Waals surface area (Å²) in [6.45, 7) is 2.97. The highest BCUT2D eigenvalue weighted by Gasteiger charge is 2.01. The summed E-state index contributed by atoms with van der Waals surface area (Å²) in [5.74, 6) is 0. The maximum atomic E-state index is 8.66. The van der Waals surface area contributed by atoms with Crippen LogP contribution in [0.4, 0.5) is 0 Å². The average Bonchev–Trinajstić information content (AvgIpc) is 2.59. The summed E-state index contributed by atoms with van der Waals surface area (Å²) in [6.07, 6.45) is 3.59. The van der Waals surface area contributed by atoms with Crippen molar-refractivity contribution in [1.82, 2.24) is 9.55 Å². The van der Waals surface area contributed by atoms with E-state index in [-0.39, 0.29) is 0 Å². The molecule has 0 aliphatic carbocycles. The molecule has 0 amide bonds. The second-order valence-electron chi connectivity index (χ2n) is 2.85. The first-order valence-electron chi connectivity index (χ1n) is 4.20. The summed E-state index contributed by atoms with van der Waals surface area (Å²) in [7, 11) is 0. The Bertz CT molecular complexity index is 476. The topological polar surface area (TPSA) is 41.6 Å². The minimum Gasteiger partial charge on any atom is -0.333 e. The van der Waals surface area contributed by atoms with Gasteiger partial charge in [-0.1, -0.05) is 0 Å². The molecule has 2 rings (SSSR count). The SMILES string of the molecule is CCn1ccc2cc(C#N)cnc21. The second kappa shape index (κ2) is 2.91. The van der Waals surface area contributed by atoms with Gasteiger partial charge in [-0.3, -0.25) is 0 Å². The highest BCUT2D eigenvalue weighted by molar-refractivity contribution is 5.77. The summed E-state index contributed by atoms with van der Waals surface area (Å²) >= 11 is 0. The summed E-state index contributed by atoms with van der Waals surface area (Å²) in [4.78, 5) is 4.22. The van der Waals surface area contributed by atoms with E-state index in [2.05, 4.69) is 22.5 Å². The van der Waals surface area contributed by atoms with E-state index in [0.29, 0.717) is 5.56 Å². The first-order chi connectivity index (χ1) is 6.35. The summed E-state index contributed by atoms with van der Waals surface area (Å²) < 4.78 is 2.05. The van der Waals surface area contributed by atoms with Gasteiger partial charge < -0.3 is 4.57 Å². The van der Waals surface area contributed by atoms with Crippen molar-refractivity contribution in [2.24, 2.45) is 0 Å². The summed E-state index contributed by atoms with van der Waals surface area (Å²) in [5.41, 5.74) is 1.56. The van der Waals surface area contributed by atoms with Crippen molar-refractivity contribution in [2.45, 2.75) is 13.5 Å². The third-order valence-electron chi connectivity index (χ3n) is 2.07. The van der Waals surface area contributed by atoms with Crippen LogP contribution < -0.4 is 0 Å². The molecule has 2 heterocycles. The minimum absolute atomic E-state index is 0.612. The molecule has 0 bridgehead atoms. The Labute approximate surface area is 76.2 Å². The molecule has 0 unspecified atom stereocenters. The van der Waals surface area contributed by atoms with E-state index in [9.17, 15) is 0 Å². The van der Waals surface area contributed by atoms with Gasteiger partial charge in [0, 0.05) is 24.3 Å². The molecule has 0 N–H and O–H groups in total. The lowest BCUT2D eigenvalue weighted by Crippen LogP contribution is -1.92. The molecular weight excluding hydrogens is 162 g/mol. The Hall–Kier alpha value is -1.82. The Morgan fingerprint density at radius 1 is 1.62 bits per heavy atom. The van der Waals surface area contributed by atoms with Crippen molar-refractivity contribution in [3.8, 4) is 6.07 Å². The van der Waals surface area contributed by atoms with Crippen LogP contribution in [0.1, 0.15) is 12.5 Å². The van der Waals surface area contributed by atoms with Crippen LogP contribution in [0.5, 0.6) is 0 Å². The molecular formula is C10H9N3. The molecule has 3 nitrogen and oxygen atoms in total. The number of nitrogens with zero attached hydrogens (tertiary/aromatic N) is 3. The van der Waals surface area contributed by atoms with Crippen molar-refractivity contribution in [1.29, 1.82) is 5.26 Å². The van der Waals surface area contributed by atoms with Gasteiger partial charge in [0.15, 0.2) is 0 Å². The van der Waals surface area contributed by atoms with Crippen molar-refractivity contribution < 1.29 is 0 Å². The van der Waals surface area contributed by atoms with Crippen LogP contribution in [0.2, 0.25) is 0 Å². The Morgan fingerprint density at radius 2 is 2.46 bits per heavy atom. The van der Waals surface area contributed by atoms with E-state index < -0.39 is 0 Å². The quantitative estimate of drug-likeness (QED) is 0.657. The van der Waals surface area contributed by atoms with Crippen LogP contribution in [0.3, 0.4) is 0 Å². The number of hydrogen-bond acceptors (Lipinski definition) is 2. The van der Waals surface area contributed by atoms with E-state index in [4.69, 9.17) is 5.26 Å².